The van der Waals surface area contributed by atoms with Gasteiger partial charge in [-0.1, -0.05) is 6.92 Å². The SMILES string of the molecule is CCC(C)(C)n1c(C(C)Cl)nc2c(C)nn(C)c21. The second-order valence-corrected chi connectivity index (χ2v) is 6.12. The Morgan fingerprint density at radius 3 is 2.50 bits per heavy atom. The van der Waals surface area contributed by atoms with E-state index in [1.165, 1.54) is 0 Å². The topological polar surface area (TPSA) is 35.6 Å². The van der Waals surface area contributed by atoms with Crippen molar-refractivity contribution in [1.29, 1.82) is 0 Å². The number of hydrogen-bond donors (Lipinski definition) is 0. The number of alkyl halides is 1. The Morgan fingerprint density at radius 1 is 1.39 bits per heavy atom. The van der Waals surface area contributed by atoms with Crippen molar-refractivity contribution < 1.29 is 0 Å². The van der Waals surface area contributed by atoms with E-state index in [4.69, 9.17) is 16.6 Å². The number of hydrogen-bond acceptors (Lipinski definition) is 2. The summed E-state index contributed by atoms with van der Waals surface area (Å²) in [5.41, 5.74) is 2.95. The zero-order valence-electron chi connectivity index (χ0n) is 12.0. The number of rotatable bonds is 3. The predicted octanol–water partition coefficient (Wildman–Crippen LogP) is 3.52. The molecule has 100 valence electrons. The van der Waals surface area contributed by atoms with Crippen LogP contribution in [0.5, 0.6) is 0 Å². The molecule has 0 aliphatic rings. The molecule has 0 saturated carbocycles. The highest BCUT2D eigenvalue weighted by Crippen LogP contribution is 2.33. The summed E-state index contributed by atoms with van der Waals surface area (Å²) in [5.74, 6) is 0.926. The lowest BCUT2D eigenvalue weighted by Crippen LogP contribution is -2.28. The zero-order chi connectivity index (χ0) is 13.7. The minimum atomic E-state index is -0.109. The lowest BCUT2D eigenvalue weighted by molar-refractivity contribution is 0.336. The molecule has 0 aliphatic carbocycles. The first-order valence-electron chi connectivity index (χ1n) is 6.36. The zero-order valence-corrected chi connectivity index (χ0v) is 12.7. The second kappa shape index (κ2) is 4.26. The molecule has 1 unspecified atom stereocenters. The summed E-state index contributed by atoms with van der Waals surface area (Å²) in [6.45, 7) is 10.5. The van der Waals surface area contributed by atoms with E-state index < -0.39 is 0 Å². The average molecular weight is 269 g/mol. The van der Waals surface area contributed by atoms with Gasteiger partial charge in [-0.15, -0.1) is 11.6 Å². The largest absolute Gasteiger partial charge is 0.306 e. The van der Waals surface area contributed by atoms with Gasteiger partial charge in [-0.25, -0.2) is 4.98 Å². The van der Waals surface area contributed by atoms with E-state index >= 15 is 0 Å². The molecule has 0 aromatic carbocycles. The number of aryl methyl sites for hydroxylation is 2. The van der Waals surface area contributed by atoms with Gasteiger partial charge >= 0.3 is 0 Å². The van der Waals surface area contributed by atoms with Crippen LogP contribution in [0.25, 0.3) is 11.2 Å². The van der Waals surface area contributed by atoms with E-state index in [0.717, 1.165) is 29.1 Å². The molecule has 2 aromatic heterocycles. The van der Waals surface area contributed by atoms with E-state index in [1.54, 1.807) is 0 Å². The van der Waals surface area contributed by atoms with Crippen LogP contribution in [0.2, 0.25) is 0 Å². The first-order valence-corrected chi connectivity index (χ1v) is 6.79. The minimum Gasteiger partial charge on any atom is -0.306 e. The minimum absolute atomic E-state index is 0.0204. The van der Waals surface area contributed by atoms with Gasteiger partial charge in [0.2, 0.25) is 0 Å². The Bertz CT molecular complexity index is 577. The summed E-state index contributed by atoms with van der Waals surface area (Å²) < 4.78 is 4.14. The van der Waals surface area contributed by atoms with Gasteiger partial charge in [0.05, 0.1) is 11.1 Å². The number of fused-ring (bicyclic) bond motifs is 1. The molecule has 0 spiro atoms. The van der Waals surface area contributed by atoms with Gasteiger partial charge < -0.3 is 4.57 Å². The van der Waals surface area contributed by atoms with Crippen molar-refractivity contribution >= 4 is 22.8 Å². The third kappa shape index (κ3) is 1.83. The van der Waals surface area contributed by atoms with Gasteiger partial charge in [-0.3, -0.25) is 4.68 Å². The first kappa shape index (κ1) is 13.4. The lowest BCUT2D eigenvalue weighted by atomic mass is 10.0. The maximum Gasteiger partial charge on any atom is 0.159 e. The van der Waals surface area contributed by atoms with Crippen LogP contribution in [0, 0.1) is 6.92 Å². The van der Waals surface area contributed by atoms with E-state index in [0.29, 0.717) is 0 Å². The molecule has 2 heterocycles. The van der Waals surface area contributed by atoms with Gasteiger partial charge in [0.1, 0.15) is 11.3 Å². The highest BCUT2D eigenvalue weighted by atomic mass is 35.5. The fraction of sp³-hybridized carbons (Fsp3) is 0.692. The van der Waals surface area contributed by atoms with Crippen molar-refractivity contribution in [2.75, 3.05) is 0 Å². The third-order valence-electron chi connectivity index (χ3n) is 3.65. The quantitative estimate of drug-likeness (QED) is 0.799. The van der Waals surface area contributed by atoms with Crippen LogP contribution in [0.3, 0.4) is 0 Å². The van der Waals surface area contributed by atoms with Crippen LogP contribution in [0.1, 0.15) is 51.0 Å². The molecule has 0 aliphatic heterocycles. The molecule has 0 fully saturated rings. The first-order chi connectivity index (χ1) is 8.29. The van der Waals surface area contributed by atoms with Gasteiger partial charge in [0, 0.05) is 12.6 Å². The molecular formula is C13H21ClN4. The third-order valence-corrected chi connectivity index (χ3v) is 3.85. The summed E-state index contributed by atoms with van der Waals surface area (Å²) in [5, 5.41) is 4.34. The highest BCUT2D eigenvalue weighted by molar-refractivity contribution is 6.20. The van der Waals surface area contributed by atoms with Gasteiger partial charge in [0.15, 0.2) is 5.65 Å². The van der Waals surface area contributed by atoms with Crippen molar-refractivity contribution in [2.24, 2.45) is 7.05 Å². The monoisotopic (exact) mass is 268 g/mol. The van der Waals surface area contributed by atoms with Crippen LogP contribution in [0.4, 0.5) is 0 Å². The van der Waals surface area contributed by atoms with Crippen molar-refractivity contribution in [3.05, 3.63) is 11.5 Å². The average Bonchev–Trinajstić information content (AvgIpc) is 2.79. The van der Waals surface area contributed by atoms with Gasteiger partial charge in [0.25, 0.3) is 0 Å². The summed E-state index contributed by atoms with van der Waals surface area (Å²) in [4.78, 5) is 4.69. The second-order valence-electron chi connectivity index (χ2n) is 5.47. The van der Waals surface area contributed by atoms with Crippen LogP contribution in [-0.4, -0.2) is 19.3 Å². The maximum absolute atomic E-state index is 6.29. The molecule has 0 radical (unpaired) electrons. The van der Waals surface area contributed by atoms with Crippen molar-refractivity contribution in [3.8, 4) is 0 Å². The molecular weight excluding hydrogens is 248 g/mol. The Morgan fingerprint density at radius 2 is 2.00 bits per heavy atom. The number of imidazole rings is 1. The van der Waals surface area contributed by atoms with Crippen LogP contribution < -0.4 is 0 Å². The van der Waals surface area contributed by atoms with E-state index in [9.17, 15) is 0 Å². The Kier molecular flexibility index (Phi) is 3.18. The molecule has 4 nitrogen and oxygen atoms in total. The molecule has 2 rings (SSSR count). The van der Waals surface area contributed by atoms with Crippen LogP contribution in [-0.2, 0) is 12.6 Å². The van der Waals surface area contributed by atoms with Gasteiger partial charge in [-0.2, -0.15) is 5.10 Å². The summed E-state index contributed by atoms with van der Waals surface area (Å²) in [6.07, 6.45) is 1.01. The molecule has 5 heteroatoms. The molecule has 2 aromatic rings. The summed E-state index contributed by atoms with van der Waals surface area (Å²) in [6, 6.07) is 0. The number of halogens is 1. The smallest absolute Gasteiger partial charge is 0.159 e. The maximum atomic E-state index is 6.29. The van der Waals surface area contributed by atoms with Crippen molar-refractivity contribution in [3.63, 3.8) is 0 Å². The molecule has 0 bridgehead atoms. The van der Waals surface area contributed by atoms with Crippen LogP contribution >= 0.6 is 11.6 Å². The molecule has 0 saturated heterocycles. The molecule has 18 heavy (non-hydrogen) atoms. The normalized spacial score (nSPS) is 14.4. The van der Waals surface area contributed by atoms with Crippen LogP contribution in [0.15, 0.2) is 0 Å². The Balaban J connectivity index is 2.85. The number of aromatic nitrogens is 4. The summed E-state index contributed by atoms with van der Waals surface area (Å²) >= 11 is 6.29. The van der Waals surface area contributed by atoms with Crippen molar-refractivity contribution in [1.82, 2.24) is 19.3 Å². The lowest BCUT2D eigenvalue weighted by Gasteiger charge is -2.28. The fourth-order valence-electron chi connectivity index (χ4n) is 2.31. The van der Waals surface area contributed by atoms with E-state index in [1.807, 2.05) is 25.6 Å². The predicted molar refractivity (Wildman–Crippen MR) is 75.1 cm³/mol. The molecule has 0 amide bonds. The highest BCUT2D eigenvalue weighted by Gasteiger charge is 2.29. The standard InChI is InChI=1S/C13H21ClN4/c1-7-13(4,5)18-11(8(2)14)15-10-9(3)16-17(6)12(10)18/h8H,7H2,1-6H3. The molecule has 0 N–H and O–H groups in total. The fourth-order valence-corrected chi connectivity index (χ4v) is 2.46. The Labute approximate surface area is 113 Å². The van der Waals surface area contributed by atoms with E-state index in [-0.39, 0.29) is 10.9 Å². The number of nitrogens with zero attached hydrogens (tertiary/aromatic N) is 4. The molecule has 1 atom stereocenters. The van der Waals surface area contributed by atoms with Crippen molar-refractivity contribution in [2.45, 2.75) is 52.0 Å². The van der Waals surface area contributed by atoms with Gasteiger partial charge in [-0.05, 0) is 34.1 Å². The Hall–Kier alpha value is -1.03. The summed E-state index contributed by atoms with van der Waals surface area (Å²) in [7, 11) is 1.96. The van der Waals surface area contributed by atoms with E-state index in [2.05, 4.69) is 30.4 Å².